The number of rotatable bonds is 9. The number of nitrogens with two attached hydrogens (primary N) is 1. The third-order valence-corrected chi connectivity index (χ3v) is 4.56. The Bertz CT molecular complexity index is 213. The Morgan fingerprint density at radius 2 is 1.74 bits per heavy atom. The molecular weight excluding hydrogens is 236 g/mol. The van der Waals surface area contributed by atoms with E-state index in [9.17, 15) is 0 Å². The van der Waals surface area contributed by atoms with Crippen molar-refractivity contribution in [2.24, 2.45) is 5.84 Å². The highest BCUT2D eigenvalue weighted by Crippen LogP contribution is 2.35. The van der Waals surface area contributed by atoms with Crippen LogP contribution in [0.2, 0.25) is 0 Å². The van der Waals surface area contributed by atoms with Gasteiger partial charge in [-0.25, -0.2) is 0 Å². The molecule has 3 nitrogen and oxygen atoms in total. The molecule has 1 rings (SSSR count). The maximum absolute atomic E-state index is 6.22. The molecule has 0 aromatic carbocycles. The number of hydrogen-bond acceptors (Lipinski definition) is 3. The van der Waals surface area contributed by atoms with Crippen molar-refractivity contribution in [3.63, 3.8) is 0 Å². The first kappa shape index (κ1) is 16.9. The van der Waals surface area contributed by atoms with Crippen LogP contribution in [-0.4, -0.2) is 18.2 Å². The normalized spacial score (nSPS) is 21.0. The van der Waals surface area contributed by atoms with Crippen LogP contribution in [-0.2, 0) is 4.74 Å². The van der Waals surface area contributed by atoms with Crippen LogP contribution in [0.3, 0.4) is 0 Å². The molecule has 0 saturated heterocycles. The summed E-state index contributed by atoms with van der Waals surface area (Å²) < 4.78 is 6.22. The molecule has 1 aliphatic rings. The fourth-order valence-corrected chi connectivity index (χ4v) is 3.48. The number of nitrogens with one attached hydrogen (secondary N) is 1. The second-order valence-electron chi connectivity index (χ2n) is 5.98. The Balaban J connectivity index is 2.58. The van der Waals surface area contributed by atoms with E-state index in [1.165, 1.54) is 64.2 Å². The topological polar surface area (TPSA) is 47.3 Å². The third-order valence-electron chi connectivity index (χ3n) is 4.56. The standard InChI is InChI=1S/C16H34N2O/c1-3-5-6-9-12-15(18-17)16(19-4-2)13-10-7-8-11-14-16/h15,18H,3-14,17H2,1-2H3. The molecular formula is C16H34N2O. The molecule has 1 atom stereocenters. The Kier molecular flexibility index (Phi) is 8.67. The second kappa shape index (κ2) is 9.73. The highest BCUT2D eigenvalue weighted by molar-refractivity contribution is 4.93. The van der Waals surface area contributed by atoms with E-state index in [-0.39, 0.29) is 5.60 Å². The van der Waals surface area contributed by atoms with Crippen molar-refractivity contribution in [2.45, 2.75) is 96.1 Å². The van der Waals surface area contributed by atoms with Crippen molar-refractivity contribution in [1.29, 1.82) is 0 Å². The molecule has 0 spiro atoms. The Labute approximate surface area is 119 Å². The Morgan fingerprint density at radius 1 is 1.05 bits per heavy atom. The molecule has 1 saturated carbocycles. The van der Waals surface area contributed by atoms with Gasteiger partial charge in [-0.3, -0.25) is 11.3 Å². The molecule has 1 fully saturated rings. The fraction of sp³-hybridized carbons (Fsp3) is 1.00. The smallest absolute Gasteiger partial charge is 0.0848 e. The van der Waals surface area contributed by atoms with Gasteiger partial charge in [-0.05, 0) is 26.2 Å². The molecule has 0 aliphatic heterocycles. The van der Waals surface area contributed by atoms with E-state index in [0.29, 0.717) is 6.04 Å². The van der Waals surface area contributed by atoms with Gasteiger partial charge in [0, 0.05) is 6.61 Å². The summed E-state index contributed by atoms with van der Waals surface area (Å²) in [6.45, 7) is 5.16. The highest BCUT2D eigenvalue weighted by atomic mass is 16.5. The van der Waals surface area contributed by atoms with E-state index < -0.39 is 0 Å². The number of hydrazine groups is 1. The average molecular weight is 270 g/mol. The van der Waals surface area contributed by atoms with Gasteiger partial charge in [0.25, 0.3) is 0 Å². The number of ether oxygens (including phenoxy) is 1. The SMILES string of the molecule is CCCCCCC(NN)C1(OCC)CCCCCC1. The van der Waals surface area contributed by atoms with Crippen molar-refractivity contribution in [2.75, 3.05) is 6.61 Å². The van der Waals surface area contributed by atoms with Crippen molar-refractivity contribution < 1.29 is 4.74 Å². The monoisotopic (exact) mass is 270 g/mol. The summed E-state index contributed by atoms with van der Waals surface area (Å²) >= 11 is 0. The summed E-state index contributed by atoms with van der Waals surface area (Å²) in [6, 6.07) is 0.322. The van der Waals surface area contributed by atoms with Crippen LogP contribution in [0, 0.1) is 0 Å². The van der Waals surface area contributed by atoms with Crippen LogP contribution in [0.1, 0.15) is 84.5 Å². The van der Waals surface area contributed by atoms with E-state index >= 15 is 0 Å². The third kappa shape index (κ3) is 5.41. The lowest BCUT2D eigenvalue weighted by molar-refractivity contribution is -0.0790. The van der Waals surface area contributed by atoms with Gasteiger partial charge >= 0.3 is 0 Å². The molecule has 19 heavy (non-hydrogen) atoms. The van der Waals surface area contributed by atoms with Gasteiger partial charge in [-0.15, -0.1) is 0 Å². The first-order chi connectivity index (χ1) is 9.29. The van der Waals surface area contributed by atoms with Gasteiger partial charge in [-0.2, -0.15) is 0 Å². The zero-order valence-electron chi connectivity index (χ0n) is 13.0. The van der Waals surface area contributed by atoms with Crippen LogP contribution in [0.25, 0.3) is 0 Å². The van der Waals surface area contributed by atoms with E-state index in [0.717, 1.165) is 13.0 Å². The second-order valence-corrected chi connectivity index (χ2v) is 5.98. The molecule has 0 amide bonds. The molecule has 0 bridgehead atoms. The van der Waals surface area contributed by atoms with Gasteiger partial charge in [0.2, 0.25) is 0 Å². The molecule has 1 unspecified atom stereocenters. The quantitative estimate of drug-likeness (QED) is 0.289. The zero-order valence-corrected chi connectivity index (χ0v) is 13.0. The van der Waals surface area contributed by atoms with Crippen molar-refractivity contribution in [3.05, 3.63) is 0 Å². The van der Waals surface area contributed by atoms with E-state index in [1.54, 1.807) is 0 Å². The Morgan fingerprint density at radius 3 is 2.26 bits per heavy atom. The lowest BCUT2D eigenvalue weighted by atomic mass is 9.83. The van der Waals surface area contributed by atoms with E-state index in [2.05, 4.69) is 19.3 Å². The summed E-state index contributed by atoms with van der Waals surface area (Å²) in [6.07, 6.45) is 14.0. The van der Waals surface area contributed by atoms with Crippen LogP contribution < -0.4 is 11.3 Å². The van der Waals surface area contributed by atoms with Crippen LogP contribution in [0.4, 0.5) is 0 Å². The summed E-state index contributed by atoms with van der Waals surface area (Å²) in [4.78, 5) is 0. The van der Waals surface area contributed by atoms with Gasteiger partial charge in [0.15, 0.2) is 0 Å². The van der Waals surface area contributed by atoms with Crippen LogP contribution in [0.5, 0.6) is 0 Å². The minimum atomic E-state index is -0.00772. The lowest BCUT2D eigenvalue weighted by Gasteiger charge is -2.40. The summed E-state index contributed by atoms with van der Waals surface area (Å²) in [5.41, 5.74) is 3.07. The summed E-state index contributed by atoms with van der Waals surface area (Å²) in [5, 5.41) is 0. The Hall–Kier alpha value is -0.120. The van der Waals surface area contributed by atoms with Crippen molar-refractivity contribution in [3.8, 4) is 0 Å². The van der Waals surface area contributed by atoms with Crippen molar-refractivity contribution >= 4 is 0 Å². The largest absolute Gasteiger partial charge is 0.374 e. The zero-order chi connectivity index (χ0) is 14.0. The van der Waals surface area contributed by atoms with Gasteiger partial charge < -0.3 is 4.74 Å². The van der Waals surface area contributed by atoms with Crippen LogP contribution in [0.15, 0.2) is 0 Å². The van der Waals surface area contributed by atoms with Gasteiger partial charge in [0.1, 0.15) is 0 Å². The van der Waals surface area contributed by atoms with Crippen LogP contribution >= 0.6 is 0 Å². The molecule has 3 N–H and O–H groups in total. The summed E-state index contributed by atoms with van der Waals surface area (Å²) in [7, 11) is 0. The lowest BCUT2D eigenvalue weighted by Crippen LogP contribution is -2.54. The first-order valence-electron chi connectivity index (χ1n) is 8.39. The number of unbranched alkanes of at least 4 members (excludes halogenated alkanes) is 3. The average Bonchev–Trinajstić information content (AvgIpc) is 2.66. The molecule has 0 aromatic heterocycles. The molecule has 1 aliphatic carbocycles. The minimum Gasteiger partial charge on any atom is -0.374 e. The summed E-state index contributed by atoms with van der Waals surface area (Å²) in [5.74, 6) is 5.85. The molecule has 0 radical (unpaired) electrons. The first-order valence-corrected chi connectivity index (χ1v) is 8.39. The maximum Gasteiger partial charge on any atom is 0.0848 e. The molecule has 3 heteroatoms. The molecule has 0 aromatic rings. The maximum atomic E-state index is 6.22. The minimum absolute atomic E-state index is 0.00772. The molecule has 0 heterocycles. The van der Waals surface area contributed by atoms with Gasteiger partial charge in [-0.1, -0.05) is 58.3 Å². The highest BCUT2D eigenvalue weighted by Gasteiger charge is 2.38. The predicted octanol–water partition coefficient (Wildman–Crippen LogP) is 3.92. The molecule has 114 valence electrons. The van der Waals surface area contributed by atoms with E-state index in [1.807, 2.05) is 0 Å². The van der Waals surface area contributed by atoms with E-state index in [4.69, 9.17) is 10.6 Å². The van der Waals surface area contributed by atoms with Crippen molar-refractivity contribution in [1.82, 2.24) is 5.43 Å². The fourth-order valence-electron chi connectivity index (χ4n) is 3.48. The predicted molar refractivity (Wildman–Crippen MR) is 81.9 cm³/mol. The number of hydrogen-bond donors (Lipinski definition) is 2. The van der Waals surface area contributed by atoms with Gasteiger partial charge in [0.05, 0.1) is 11.6 Å².